The Balaban J connectivity index is 1.42. The summed E-state index contributed by atoms with van der Waals surface area (Å²) >= 11 is 1.45. The fourth-order valence-electron chi connectivity index (χ4n) is 4.49. The van der Waals surface area contributed by atoms with E-state index in [4.69, 9.17) is 19.9 Å². The SMILES string of the molecule is Nc1nc(=O)n(C2S[C@H](COCc3ccccc3)[C@@H](OCc3ccccc3)[C@@H]2OCc2ccccc2)cc1F. The molecule has 1 aromatic heterocycles. The second kappa shape index (κ2) is 13.0. The molecule has 0 radical (unpaired) electrons. The summed E-state index contributed by atoms with van der Waals surface area (Å²) in [5.74, 6) is -1.19. The molecular weight excluding hydrogens is 517 g/mol. The third-order valence-corrected chi connectivity index (χ3v) is 7.99. The van der Waals surface area contributed by atoms with E-state index in [0.29, 0.717) is 26.4 Å². The van der Waals surface area contributed by atoms with Gasteiger partial charge in [-0.3, -0.25) is 4.57 Å². The number of thioether (sulfide) groups is 1. The molecule has 1 fully saturated rings. The molecule has 0 aliphatic carbocycles. The normalized spacial score (nSPS) is 20.7. The van der Waals surface area contributed by atoms with Crippen molar-refractivity contribution in [3.63, 3.8) is 0 Å². The van der Waals surface area contributed by atoms with Crippen molar-refractivity contribution in [2.24, 2.45) is 0 Å². The molecule has 2 heterocycles. The lowest BCUT2D eigenvalue weighted by molar-refractivity contribution is -0.0920. The third kappa shape index (κ3) is 6.93. The first kappa shape index (κ1) is 27.1. The number of nitrogens with two attached hydrogens (primary N) is 1. The molecule has 0 spiro atoms. The number of anilines is 1. The monoisotopic (exact) mass is 547 g/mol. The summed E-state index contributed by atoms with van der Waals surface area (Å²) < 4.78 is 34.7. The molecule has 9 heteroatoms. The van der Waals surface area contributed by atoms with Crippen LogP contribution in [0.5, 0.6) is 0 Å². The summed E-state index contributed by atoms with van der Waals surface area (Å²) in [6.07, 6.45) is 0.0573. The van der Waals surface area contributed by atoms with Crippen LogP contribution in [0.3, 0.4) is 0 Å². The highest BCUT2D eigenvalue weighted by Crippen LogP contribution is 2.45. The van der Waals surface area contributed by atoms with Gasteiger partial charge in [0.1, 0.15) is 17.6 Å². The molecule has 1 aliphatic rings. The maximum absolute atomic E-state index is 14.5. The number of aromatic nitrogens is 2. The molecule has 4 atom stereocenters. The highest BCUT2D eigenvalue weighted by Gasteiger charge is 2.47. The quantitative estimate of drug-likeness (QED) is 0.284. The molecule has 202 valence electrons. The fourth-order valence-corrected chi connectivity index (χ4v) is 6.08. The van der Waals surface area contributed by atoms with Gasteiger partial charge in [-0.05, 0) is 16.7 Å². The summed E-state index contributed by atoms with van der Waals surface area (Å²) in [5.41, 5.74) is 7.95. The van der Waals surface area contributed by atoms with Crippen LogP contribution >= 0.6 is 11.8 Å². The predicted octanol–water partition coefficient (Wildman–Crippen LogP) is 4.97. The Morgan fingerprint density at radius 2 is 1.31 bits per heavy atom. The van der Waals surface area contributed by atoms with Crippen molar-refractivity contribution < 1.29 is 18.6 Å². The number of rotatable bonds is 11. The van der Waals surface area contributed by atoms with Crippen LogP contribution in [-0.2, 0) is 34.0 Å². The summed E-state index contributed by atoms with van der Waals surface area (Å²) in [7, 11) is 0. The maximum Gasteiger partial charge on any atom is 0.350 e. The molecule has 0 amide bonds. The van der Waals surface area contributed by atoms with Crippen LogP contribution in [0.15, 0.2) is 102 Å². The van der Waals surface area contributed by atoms with Crippen LogP contribution in [0.1, 0.15) is 22.1 Å². The first-order valence-corrected chi connectivity index (χ1v) is 13.6. The number of nitrogen functional groups attached to an aromatic ring is 1. The van der Waals surface area contributed by atoms with E-state index in [0.717, 1.165) is 22.9 Å². The second-order valence-electron chi connectivity index (χ2n) is 9.25. The number of hydrogen-bond donors (Lipinski definition) is 1. The molecule has 5 rings (SSSR count). The van der Waals surface area contributed by atoms with Crippen molar-refractivity contribution in [3.8, 4) is 0 Å². The van der Waals surface area contributed by atoms with Gasteiger partial charge in [0.25, 0.3) is 0 Å². The van der Waals surface area contributed by atoms with Crippen LogP contribution < -0.4 is 11.4 Å². The van der Waals surface area contributed by atoms with E-state index < -0.39 is 34.9 Å². The van der Waals surface area contributed by atoms with Crippen LogP contribution in [0.25, 0.3) is 0 Å². The number of ether oxygens (including phenoxy) is 3. The molecule has 1 aliphatic heterocycles. The van der Waals surface area contributed by atoms with Gasteiger partial charge in [-0.15, -0.1) is 11.8 Å². The van der Waals surface area contributed by atoms with Crippen molar-refractivity contribution >= 4 is 17.6 Å². The summed E-state index contributed by atoms with van der Waals surface area (Å²) in [6, 6.07) is 29.5. The Morgan fingerprint density at radius 3 is 1.87 bits per heavy atom. The van der Waals surface area contributed by atoms with Gasteiger partial charge in [0.2, 0.25) is 0 Å². The molecule has 4 aromatic rings. The second-order valence-corrected chi connectivity index (χ2v) is 10.6. The molecule has 2 N–H and O–H groups in total. The van der Waals surface area contributed by atoms with Gasteiger partial charge in [0.15, 0.2) is 11.6 Å². The number of hydrogen-bond acceptors (Lipinski definition) is 7. The zero-order valence-electron chi connectivity index (χ0n) is 21.3. The Kier molecular flexibility index (Phi) is 9.05. The standard InChI is InChI=1S/C30H30FN3O4S/c31-24-16-34(30(35)33-28(24)32)29-27(38-19-23-14-8-3-9-15-23)26(37-18-22-12-6-2-7-13-22)25(39-29)20-36-17-21-10-4-1-5-11-21/h1-16,25-27,29H,17-20H2,(H2,32,33,35)/t25-,26-,27+,29?/m1/s1. The molecule has 1 saturated heterocycles. The van der Waals surface area contributed by atoms with Crippen molar-refractivity contribution in [1.29, 1.82) is 0 Å². The Bertz CT molecular complexity index is 1390. The fraction of sp³-hybridized carbons (Fsp3) is 0.267. The van der Waals surface area contributed by atoms with E-state index in [1.807, 2.05) is 91.0 Å². The molecule has 39 heavy (non-hydrogen) atoms. The van der Waals surface area contributed by atoms with Gasteiger partial charge in [-0.1, -0.05) is 91.0 Å². The highest BCUT2D eigenvalue weighted by molar-refractivity contribution is 8.00. The lowest BCUT2D eigenvalue weighted by Gasteiger charge is -2.27. The molecule has 7 nitrogen and oxygen atoms in total. The van der Waals surface area contributed by atoms with E-state index in [2.05, 4.69) is 4.98 Å². The molecule has 0 saturated carbocycles. The van der Waals surface area contributed by atoms with E-state index >= 15 is 0 Å². The van der Waals surface area contributed by atoms with Gasteiger partial charge in [0.05, 0.1) is 31.7 Å². The number of halogens is 1. The molecular formula is C30H30FN3O4S. The minimum Gasteiger partial charge on any atom is -0.381 e. The topological polar surface area (TPSA) is 88.6 Å². The van der Waals surface area contributed by atoms with Gasteiger partial charge in [0, 0.05) is 6.20 Å². The van der Waals surface area contributed by atoms with E-state index in [-0.39, 0.29) is 5.25 Å². The van der Waals surface area contributed by atoms with Crippen LogP contribution in [0.2, 0.25) is 0 Å². The van der Waals surface area contributed by atoms with E-state index in [1.165, 1.54) is 16.3 Å². The largest absolute Gasteiger partial charge is 0.381 e. The van der Waals surface area contributed by atoms with Crippen molar-refractivity contribution in [1.82, 2.24) is 9.55 Å². The van der Waals surface area contributed by atoms with Gasteiger partial charge in [-0.2, -0.15) is 4.98 Å². The van der Waals surface area contributed by atoms with Crippen molar-refractivity contribution in [3.05, 3.63) is 130 Å². The lowest BCUT2D eigenvalue weighted by atomic mass is 10.1. The first-order valence-electron chi connectivity index (χ1n) is 12.7. The maximum atomic E-state index is 14.5. The Labute approximate surface area is 230 Å². The van der Waals surface area contributed by atoms with Gasteiger partial charge in [-0.25, -0.2) is 9.18 Å². The van der Waals surface area contributed by atoms with Crippen LogP contribution in [0, 0.1) is 5.82 Å². The Hall–Kier alpha value is -3.50. The van der Waals surface area contributed by atoms with Crippen molar-refractivity contribution in [2.75, 3.05) is 12.3 Å². The minimum absolute atomic E-state index is 0.198. The van der Waals surface area contributed by atoms with E-state index in [1.54, 1.807) is 0 Å². The third-order valence-electron chi connectivity index (χ3n) is 6.46. The minimum atomic E-state index is -0.762. The van der Waals surface area contributed by atoms with Crippen molar-refractivity contribution in [2.45, 2.75) is 42.7 Å². The van der Waals surface area contributed by atoms with Crippen LogP contribution in [0.4, 0.5) is 10.2 Å². The van der Waals surface area contributed by atoms with Crippen LogP contribution in [-0.4, -0.2) is 33.6 Å². The number of nitrogens with zero attached hydrogens (tertiary/aromatic N) is 2. The zero-order chi connectivity index (χ0) is 27.0. The summed E-state index contributed by atoms with van der Waals surface area (Å²) in [4.78, 5) is 16.5. The highest BCUT2D eigenvalue weighted by atomic mass is 32.2. The molecule has 1 unspecified atom stereocenters. The first-order chi connectivity index (χ1) is 19.1. The smallest absolute Gasteiger partial charge is 0.350 e. The van der Waals surface area contributed by atoms with Gasteiger partial charge < -0.3 is 19.9 Å². The lowest BCUT2D eigenvalue weighted by Crippen LogP contribution is -2.40. The molecule has 0 bridgehead atoms. The summed E-state index contributed by atoms with van der Waals surface area (Å²) in [5, 5.41) is -0.800. The average Bonchev–Trinajstić information content (AvgIpc) is 3.31. The van der Waals surface area contributed by atoms with E-state index in [9.17, 15) is 9.18 Å². The Morgan fingerprint density at radius 1 is 0.795 bits per heavy atom. The predicted molar refractivity (Wildman–Crippen MR) is 149 cm³/mol. The molecule has 3 aromatic carbocycles. The average molecular weight is 548 g/mol. The summed E-state index contributed by atoms with van der Waals surface area (Å²) in [6.45, 7) is 1.43. The number of benzene rings is 3. The van der Waals surface area contributed by atoms with Gasteiger partial charge >= 0.3 is 5.69 Å². The zero-order valence-corrected chi connectivity index (χ0v) is 22.1.